The van der Waals surface area contributed by atoms with Gasteiger partial charge in [0.05, 0.1) is 11.5 Å². The molecule has 0 radical (unpaired) electrons. The summed E-state index contributed by atoms with van der Waals surface area (Å²) < 4.78 is 5.67. The highest BCUT2D eigenvalue weighted by atomic mass is 32.2. The van der Waals surface area contributed by atoms with Crippen LogP contribution in [0.25, 0.3) is 10.2 Å². The van der Waals surface area contributed by atoms with Crippen molar-refractivity contribution in [1.82, 2.24) is 9.97 Å². The number of ether oxygens (including phenoxy) is 1. The van der Waals surface area contributed by atoms with Crippen LogP contribution >= 0.6 is 23.1 Å². The molecule has 1 aliphatic carbocycles. The van der Waals surface area contributed by atoms with E-state index < -0.39 is 0 Å². The number of aromatic nitrogens is 2. The molecule has 2 unspecified atom stereocenters. The molecule has 3 heterocycles. The zero-order valence-corrected chi connectivity index (χ0v) is 14.4. The molecular formula is C16H21N3OS2. The Kier molecular flexibility index (Phi) is 4.00. The van der Waals surface area contributed by atoms with E-state index in [0.717, 1.165) is 52.9 Å². The third-order valence-corrected chi connectivity index (χ3v) is 6.71. The summed E-state index contributed by atoms with van der Waals surface area (Å²) >= 11 is 3.49. The average molecular weight is 335 g/mol. The minimum Gasteiger partial charge on any atom is -0.383 e. The van der Waals surface area contributed by atoms with E-state index in [0.29, 0.717) is 11.9 Å². The van der Waals surface area contributed by atoms with Crippen LogP contribution in [0.2, 0.25) is 0 Å². The van der Waals surface area contributed by atoms with Gasteiger partial charge in [-0.15, -0.1) is 11.3 Å². The molecule has 22 heavy (non-hydrogen) atoms. The zero-order chi connectivity index (χ0) is 15.1. The lowest BCUT2D eigenvalue weighted by atomic mass is 9.89. The number of nitrogens with two attached hydrogens (primary N) is 1. The number of nitrogens with zero attached hydrogens (tertiary/aromatic N) is 2. The number of fused-ring (bicyclic) bond motifs is 3. The first kappa shape index (κ1) is 14.7. The first-order chi connectivity index (χ1) is 10.7. The molecule has 4 rings (SSSR count). The van der Waals surface area contributed by atoms with Gasteiger partial charge >= 0.3 is 0 Å². The summed E-state index contributed by atoms with van der Waals surface area (Å²) in [6.45, 7) is 3.22. The summed E-state index contributed by atoms with van der Waals surface area (Å²) in [5, 5.41) is 1.92. The summed E-state index contributed by atoms with van der Waals surface area (Å²) in [5.74, 6) is 2.35. The Balaban J connectivity index is 1.62. The van der Waals surface area contributed by atoms with E-state index in [1.807, 2.05) is 11.3 Å². The monoisotopic (exact) mass is 335 g/mol. The number of hydrogen-bond acceptors (Lipinski definition) is 6. The normalized spacial score (nSPS) is 24.8. The number of aryl methyl sites for hydroxylation is 1. The van der Waals surface area contributed by atoms with Crippen LogP contribution in [0.5, 0.6) is 0 Å². The summed E-state index contributed by atoms with van der Waals surface area (Å²) in [4.78, 5) is 11.8. The van der Waals surface area contributed by atoms with Crippen molar-refractivity contribution in [2.24, 2.45) is 5.92 Å². The van der Waals surface area contributed by atoms with Crippen LogP contribution in [0, 0.1) is 5.92 Å². The topological polar surface area (TPSA) is 61.0 Å². The standard InChI is InChI=1S/C16H21N3OS2/c1-9-4-5-11-12(7-9)22-15-13(11)14(17)18-16(19-15)21-8-10-3-2-6-20-10/h9-10H,2-8H2,1H3,(H2,17,18,19). The average Bonchev–Trinajstić information content (AvgIpc) is 3.11. The number of anilines is 1. The molecule has 4 nitrogen and oxygen atoms in total. The van der Waals surface area contributed by atoms with Crippen LogP contribution in [0.3, 0.4) is 0 Å². The maximum Gasteiger partial charge on any atom is 0.190 e. The van der Waals surface area contributed by atoms with E-state index in [1.165, 1.54) is 23.3 Å². The van der Waals surface area contributed by atoms with Crippen molar-refractivity contribution in [3.8, 4) is 0 Å². The minimum absolute atomic E-state index is 0.350. The summed E-state index contributed by atoms with van der Waals surface area (Å²) in [6, 6.07) is 0. The largest absolute Gasteiger partial charge is 0.383 e. The fourth-order valence-electron chi connectivity index (χ4n) is 3.36. The third kappa shape index (κ3) is 2.72. The van der Waals surface area contributed by atoms with Crippen LogP contribution in [0.1, 0.15) is 36.6 Å². The van der Waals surface area contributed by atoms with Crippen molar-refractivity contribution in [2.45, 2.75) is 50.3 Å². The van der Waals surface area contributed by atoms with Crippen molar-refractivity contribution >= 4 is 39.1 Å². The Morgan fingerprint density at radius 1 is 1.36 bits per heavy atom. The Labute approximate surface area is 138 Å². The quantitative estimate of drug-likeness (QED) is 0.685. The Hall–Kier alpha value is -0.850. The lowest BCUT2D eigenvalue weighted by molar-refractivity contribution is 0.129. The molecule has 1 aliphatic heterocycles. The molecule has 0 spiro atoms. The Morgan fingerprint density at radius 3 is 3.09 bits per heavy atom. The van der Waals surface area contributed by atoms with Gasteiger partial charge in [0.1, 0.15) is 10.6 Å². The van der Waals surface area contributed by atoms with E-state index in [2.05, 4.69) is 11.9 Å². The molecule has 0 bridgehead atoms. The lowest BCUT2D eigenvalue weighted by Crippen LogP contribution is -2.09. The third-order valence-electron chi connectivity index (χ3n) is 4.58. The number of hydrogen-bond donors (Lipinski definition) is 1. The Bertz CT molecular complexity index is 694. The van der Waals surface area contributed by atoms with Gasteiger partial charge in [0.2, 0.25) is 0 Å². The molecular weight excluding hydrogens is 314 g/mol. The molecule has 0 aromatic carbocycles. The molecule has 2 aromatic heterocycles. The number of thiophene rings is 1. The summed E-state index contributed by atoms with van der Waals surface area (Å²) in [7, 11) is 0. The van der Waals surface area contributed by atoms with Gasteiger partial charge in [0, 0.05) is 17.2 Å². The zero-order valence-electron chi connectivity index (χ0n) is 12.8. The maximum absolute atomic E-state index is 6.25. The molecule has 6 heteroatoms. The molecule has 2 aliphatic rings. The van der Waals surface area contributed by atoms with E-state index in [1.54, 1.807) is 11.8 Å². The van der Waals surface area contributed by atoms with Crippen molar-refractivity contribution in [1.29, 1.82) is 0 Å². The molecule has 1 saturated heterocycles. The van der Waals surface area contributed by atoms with Gasteiger partial charge in [-0.2, -0.15) is 0 Å². The summed E-state index contributed by atoms with van der Waals surface area (Å²) in [6.07, 6.45) is 6.19. The predicted octanol–water partition coefficient (Wildman–Crippen LogP) is 3.67. The summed E-state index contributed by atoms with van der Waals surface area (Å²) in [5.41, 5.74) is 7.66. The molecule has 2 atom stereocenters. The second-order valence-electron chi connectivity index (χ2n) is 6.37. The number of nitrogen functional groups attached to an aromatic ring is 1. The highest BCUT2D eigenvalue weighted by Crippen LogP contribution is 2.40. The van der Waals surface area contributed by atoms with Crippen LogP contribution < -0.4 is 5.73 Å². The van der Waals surface area contributed by atoms with E-state index in [4.69, 9.17) is 15.5 Å². The predicted molar refractivity (Wildman–Crippen MR) is 92.7 cm³/mol. The Morgan fingerprint density at radius 2 is 2.27 bits per heavy atom. The van der Waals surface area contributed by atoms with Crippen LogP contribution in [0.4, 0.5) is 5.82 Å². The second kappa shape index (κ2) is 5.98. The van der Waals surface area contributed by atoms with Crippen molar-refractivity contribution in [3.05, 3.63) is 10.4 Å². The fraction of sp³-hybridized carbons (Fsp3) is 0.625. The van der Waals surface area contributed by atoms with E-state index in [9.17, 15) is 0 Å². The first-order valence-electron chi connectivity index (χ1n) is 8.03. The van der Waals surface area contributed by atoms with Gasteiger partial charge in [-0.1, -0.05) is 18.7 Å². The van der Waals surface area contributed by atoms with Gasteiger partial charge in [0.25, 0.3) is 0 Å². The van der Waals surface area contributed by atoms with E-state index >= 15 is 0 Å². The maximum atomic E-state index is 6.25. The van der Waals surface area contributed by atoms with Crippen LogP contribution in [-0.4, -0.2) is 28.4 Å². The van der Waals surface area contributed by atoms with Gasteiger partial charge in [-0.25, -0.2) is 9.97 Å². The van der Waals surface area contributed by atoms with Gasteiger partial charge in [-0.05, 0) is 43.6 Å². The van der Waals surface area contributed by atoms with Crippen LogP contribution in [-0.2, 0) is 17.6 Å². The van der Waals surface area contributed by atoms with Gasteiger partial charge in [-0.3, -0.25) is 0 Å². The molecule has 118 valence electrons. The van der Waals surface area contributed by atoms with E-state index in [-0.39, 0.29) is 0 Å². The number of thioether (sulfide) groups is 1. The van der Waals surface area contributed by atoms with Crippen molar-refractivity contribution in [2.75, 3.05) is 18.1 Å². The van der Waals surface area contributed by atoms with Gasteiger partial charge in [0.15, 0.2) is 5.16 Å². The fourth-order valence-corrected chi connectivity index (χ4v) is 5.72. The molecule has 0 saturated carbocycles. The van der Waals surface area contributed by atoms with Crippen molar-refractivity contribution in [3.63, 3.8) is 0 Å². The highest BCUT2D eigenvalue weighted by molar-refractivity contribution is 7.99. The highest BCUT2D eigenvalue weighted by Gasteiger charge is 2.23. The molecule has 2 N–H and O–H groups in total. The smallest absolute Gasteiger partial charge is 0.190 e. The SMILES string of the molecule is CC1CCc2c(sc3nc(SCC4CCCO4)nc(N)c23)C1. The van der Waals surface area contributed by atoms with Crippen molar-refractivity contribution < 1.29 is 4.74 Å². The lowest BCUT2D eigenvalue weighted by Gasteiger charge is -2.17. The first-order valence-corrected chi connectivity index (χ1v) is 9.83. The minimum atomic E-state index is 0.350. The molecule has 0 amide bonds. The molecule has 1 fully saturated rings. The van der Waals surface area contributed by atoms with Crippen LogP contribution in [0.15, 0.2) is 5.16 Å². The number of rotatable bonds is 3. The second-order valence-corrected chi connectivity index (χ2v) is 8.44. The molecule has 2 aromatic rings. The van der Waals surface area contributed by atoms with Gasteiger partial charge < -0.3 is 10.5 Å².